The van der Waals surface area contributed by atoms with E-state index in [-0.39, 0.29) is 25.9 Å². The van der Waals surface area contributed by atoms with Crippen molar-refractivity contribution in [3.8, 4) is 0 Å². The summed E-state index contributed by atoms with van der Waals surface area (Å²) in [5.41, 5.74) is 0. The predicted octanol–water partition coefficient (Wildman–Crippen LogP) is -1.22. The average molecular weight is 260 g/mol. The number of hydrogen-bond acceptors (Lipinski definition) is 5. The zero-order chi connectivity index (χ0) is 13.7. The van der Waals surface area contributed by atoms with Crippen LogP contribution >= 0.6 is 0 Å². The molecule has 3 N–H and O–H groups in total. The lowest BCUT2D eigenvalue weighted by molar-refractivity contribution is -0.142. The quantitative estimate of drug-likeness (QED) is 0.545. The maximum atomic E-state index is 11.7. The third-order valence-corrected chi connectivity index (χ3v) is 2.66. The molecule has 0 spiro atoms. The molecule has 18 heavy (non-hydrogen) atoms. The second-order valence-corrected chi connectivity index (χ2v) is 3.95. The number of aliphatic hydroxyl groups is 1. The van der Waals surface area contributed by atoms with Crippen LogP contribution in [-0.2, 0) is 14.3 Å². The van der Waals surface area contributed by atoms with E-state index in [0.29, 0.717) is 0 Å². The number of carboxylic acid groups (broad SMARTS) is 1. The van der Waals surface area contributed by atoms with E-state index in [2.05, 4.69) is 10.1 Å². The van der Waals surface area contributed by atoms with Crippen LogP contribution < -0.4 is 5.32 Å². The first kappa shape index (κ1) is 14.2. The van der Waals surface area contributed by atoms with Gasteiger partial charge in [-0.2, -0.15) is 0 Å². The van der Waals surface area contributed by atoms with Gasteiger partial charge in [-0.3, -0.25) is 4.79 Å². The molecule has 8 heteroatoms. The number of amides is 2. The van der Waals surface area contributed by atoms with Crippen molar-refractivity contribution in [2.75, 3.05) is 20.2 Å². The minimum Gasteiger partial charge on any atom is -0.480 e. The van der Waals surface area contributed by atoms with Crippen molar-refractivity contribution >= 4 is 18.0 Å². The number of aliphatic carboxylic acids is 1. The van der Waals surface area contributed by atoms with Crippen LogP contribution in [0.15, 0.2) is 0 Å². The highest BCUT2D eigenvalue weighted by Crippen LogP contribution is 2.17. The van der Waals surface area contributed by atoms with Gasteiger partial charge in [-0.1, -0.05) is 0 Å². The van der Waals surface area contributed by atoms with E-state index >= 15 is 0 Å². The largest absolute Gasteiger partial charge is 0.480 e. The van der Waals surface area contributed by atoms with Gasteiger partial charge in [-0.15, -0.1) is 0 Å². The van der Waals surface area contributed by atoms with Crippen LogP contribution in [0.1, 0.15) is 12.8 Å². The summed E-state index contributed by atoms with van der Waals surface area (Å²) in [6, 6.07) is -1.64. The molecule has 1 rings (SSSR count). The number of ether oxygens (including phenoxy) is 1. The topological polar surface area (TPSA) is 116 Å². The number of carbonyl (C=O) groups is 3. The number of likely N-dealkylation sites (tertiary alicyclic amines) is 1. The predicted molar refractivity (Wildman–Crippen MR) is 58.8 cm³/mol. The molecule has 2 amide bonds. The normalized spacial score (nSPS) is 22.7. The van der Waals surface area contributed by atoms with Crippen molar-refractivity contribution in [1.29, 1.82) is 0 Å². The van der Waals surface area contributed by atoms with Gasteiger partial charge < -0.3 is 25.2 Å². The Kier molecular flexibility index (Phi) is 4.90. The van der Waals surface area contributed by atoms with Crippen LogP contribution in [0.25, 0.3) is 0 Å². The van der Waals surface area contributed by atoms with Gasteiger partial charge >= 0.3 is 18.0 Å². The average Bonchev–Trinajstić information content (AvgIpc) is 2.71. The van der Waals surface area contributed by atoms with E-state index in [0.717, 1.165) is 4.90 Å². The van der Waals surface area contributed by atoms with E-state index < -0.39 is 30.1 Å². The lowest BCUT2D eigenvalue weighted by Crippen LogP contribution is -2.46. The van der Waals surface area contributed by atoms with Crippen molar-refractivity contribution in [2.45, 2.75) is 25.0 Å². The molecule has 0 aromatic carbocycles. The summed E-state index contributed by atoms with van der Waals surface area (Å²) in [7, 11) is 1.24. The lowest BCUT2D eigenvalue weighted by Gasteiger charge is -2.21. The van der Waals surface area contributed by atoms with Gasteiger partial charge in [0.1, 0.15) is 6.04 Å². The molecule has 1 saturated heterocycles. The van der Waals surface area contributed by atoms with Gasteiger partial charge in [0.15, 0.2) is 0 Å². The van der Waals surface area contributed by atoms with Crippen molar-refractivity contribution in [3.63, 3.8) is 0 Å². The van der Waals surface area contributed by atoms with E-state index in [1.165, 1.54) is 7.11 Å². The Morgan fingerprint density at radius 3 is 2.67 bits per heavy atom. The van der Waals surface area contributed by atoms with Crippen molar-refractivity contribution in [3.05, 3.63) is 0 Å². The molecule has 0 aromatic heterocycles. The van der Waals surface area contributed by atoms with Gasteiger partial charge in [0, 0.05) is 19.5 Å². The monoisotopic (exact) mass is 260 g/mol. The van der Waals surface area contributed by atoms with Gasteiger partial charge in [0.2, 0.25) is 0 Å². The Morgan fingerprint density at radius 1 is 1.44 bits per heavy atom. The number of rotatable bonds is 4. The summed E-state index contributed by atoms with van der Waals surface area (Å²) in [6.45, 7) is 0.0332. The summed E-state index contributed by atoms with van der Waals surface area (Å²) < 4.78 is 4.40. The highest BCUT2D eigenvalue weighted by atomic mass is 16.5. The van der Waals surface area contributed by atoms with Gasteiger partial charge in [0.05, 0.1) is 19.6 Å². The first-order valence-corrected chi connectivity index (χ1v) is 5.48. The zero-order valence-electron chi connectivity index (χ0n) is 9.96. The molecule has 0 unspecified atom stereocenters. The van der Waals surface area contributed by atoms with Crippen molar-refractivity contribution < 1.29 is 29.3 Å². The number of nitrogens with zero attached hydrogens (tertiary/aromatic N) is 1. The smallest absolute Gasteiger partial charge is 0.326 e. The van der Waals surface area contributed by atoms with Crippen LogP contribution in [0.2, 0.25) is 0 Å². The number of hydrogen-bond donors (Lipinski definition) is 3. The second-order valence-electron chi connectivity index (χ2n) is 3.95. The van der Waals surface area contributed by atoms with Gasteiger partial charge in [-0.25, -0.2) is 9.59 Å². The van der Waals surface area contributed by atoms with Crippen molar-refractivity contribution in [2.24, 2.45) is 0 Å². The number of urea groups is 1. The molecule has 0 bridgehead atoms. The SMILES string of the molecule is COC(=O)CCNC(=O)N1C[C@H](O)C[C@@H]1C(=O)O. The molecule has 1 heterocycles. The fraction of sp³-hybridized carbons (Fsp3) is 0.700. The Hall–Kier alpha value is -1.83. The maximum absolute atomic E-state index is 11.7. The minimum atomic E-state index is -1.16. The summed E-state index contributed by atoms with van der Waals surface area (Å²) in [4.78, 5) is 34.4. The lowest BCUT2D eigenvalue weighted by atomic mass is 10.2. The number of carboxylic acids is 1. The molecule has 0 aromatic rings. The Balaban J connectivity index is 2.45. The summed E-state index contributed by atoms with van der Waals surface area (Å²) in [5.74, 6) is -1.62. The van der Waals surface area contributed by atoms with E-state index in [1.807, 2.05) is 0 Å². The van der Waals surface area contributed by atoms with Crippen LogP contribution in [-0.4, -0.2) is 65.4 Å². The molecule has 0 saturated carbocycles. The maximum Gasteiger partial charge on any atom is 0.326 e. The molecule has 1 aliphatic heterocycles. The van der Waals surface area contributed by atoms with Crippen LogP contribution in [0.4, 0.5) is 4.79 Å². The fourth-order valence-corrected chi connectivity index (χ4v) is 1.75. The Bertz CT molecular complexity index is 345. The molecular formula is C10H16N2O6. The number of β-amino-alcohol motifs (C(OH)–C–C–N with tert-alkyl or cyclic N) is 1. The second kappa shape index (κ2) is 6.20. The van der Waals surface area contributed by atoms with Crippen LogP contribution in [0.5, 0.6) is 0 Å². The number of aliphatic hydroxyl groups excluding tert-OH is 1. The number of esters is 1. The third kappa shape index (κ3) is 3.59. The van der Waals surface area contributed by atoms with E-state index in [9.17, 15) is 19.5 Å². The first-order valence-electron chi connectivity index (χ1n) is 5.48. The highest BCUT2D eigenvalue weighted by Gasteiger charge is 2.38. The van der Waals surface area contributed by atoms with E-state index in [4.69, 9.17) is 5.11 Å². The highest BCUT2D eigenvalue weighted by molar-refractivity contribution is 5.83. The Morgan fingerprint density at radius 2 is 2.11 bits per heavy atom. The molecule has 8 nitrogen and oxygen atoms in total. The number of carbonyl (C=O) groups excluding carboxylic acids is 2. The number of nitrogens with one attached hydrogen (secondary N) is 1. The molecule has 1 aliphatic rings. The third-order valence-electron chi connectivity index (χ3n) is 2.66. The van der Waals surface area contributed by atoms with Gasteiger partial charge in [-0.05, 0) is 0 Å². The van der Waals surface area contributed by atoms with Gasteiger partial charge in [0.25, 0.3) is 0 Å². The summed E-state index contributed by atoms with van der Waals surface area (Å²) in [6.07, 6.45) is -0.812. The summed E-state index contributed by atoms with van der Waals surface area (Å²) >= 11 is 0. The summed E-state index contributed by atoms with van der Waals surface area (Å²) in [5, 5.41) is 20.7. The minimum absolute atomic E-state index is 0.0103. The Labute approximate surface area is 104 Å². The molecule has 102 valence electrons. The molecular weight excluding hydrogens is 244 g/mol. The van der Waals surface area contributed by atoms with E-state index in [1.54, 1.807) is 0 Å². The molecule has 1 fully saturated rings. The molecule has 2 atom stereocenters. The standard InChI is InChI=1S/C10H16N2O6/c1-18-8(14)2-3-11-10(17)12-5-6(13)4-7(12)9(15)16/h6-7,13H,2-5H2,1H3,(H,11,17)(H,15,16)/t6-,7-/m1/s1. The number of methoxy groups -OCH3 is 1. The van der Waals surface area contributed by atoms with Crippen molar-refractivity contribution in [1.82, 2.24) is 10.2 Å². The molecule has 0 radical (unpaired) electrons. The zero-order valence-corrected chi connectivity index (χ0v) is 9.96. The first-order chi connectivity index (χ1) is 8.45. The van der Waals surface area contributed by atoms with Crippen LogP contribution in [0, 0.1) is 0 Å². The molecule has 0 aliphatic carbocycles. The van der Waals surface area contributed by atoms with Crippen LogP contribution in [0.3, 0.4) is 0 Å². The fourth-order valence-electron chi connectivity index (χ4n) is 1.75.